The van der Waals surface area contributed by atoms with Gasteiger partial charge in [-0.3, -0.25) is 0 Å². The molecule has 0 bridgehead atoms. The van der Waals surface area contributed by atoms with Crippen molar-refractivity contribution in [3.05, 3.63) is 17.6 Å². The van der Waals surface area contributed by atoms with E-state index in [9.17, 15) is 0 Å². The largest absolute Gasteiger partial charge is 0.370 e. The third-order valence-electron chi connectivity index (χ3n) is 4.62. The van der Waals surface area contributed by atoms with Crippen LogP contribution in [-0.2, 0) is 6.42 Å². The van der Waals surface area contributed by atoms with Crippen LogP contribution < -0.4 is 5.32 Å². The van der Waals surface area contributed by atoms with Crippen LogP contribution in [0.2, 0.25) is 0 Å². The highest BCUT2D eigenvalue weighted by molar-refractivity contribution is 5.36. The maximum atomic E-state index is 4.80. The monoisotopic (exact) mass is 289 g/mol. The van der Waals surface area contributed by atoms with E-state index in [4.69, 9.17) is 9.97 Å². The minimum Gasteiger partial charge on any atom is -0.370 e. The number of nitrogens with one attached hydrogen (secondary N) is 1. The van der Waals surface area contributed by atoms with Crippen LogP contribution in [0.15, 0.2) is 6.07 Å². The zero-order chi connectivity index (χ0) is 15.1. The molecule has 0 unspecified atom stereocenters. The van der Waals surface area contributed by atoms with Gasteiger partial charge < -0.3 is 5.32 Å². The van der Waals surface area contributed by atoms with Gasteiger partial charge in [-0.1, -0.05) is 33.6 Å². The van der Waals surface area contributed by atoms with Crippen molar-refractivity contribution >= 4 is 5.82 Å². The Labute approximate surface area is 130 Å². The molecule has 0 spiro atoms. The molecule has 0 radical (unpaired) electrons. The second-order valence-corrected chi connectivity index (χ2v) is 6.39. The van der Waals surface area contributed by atoms with E-state index in [-0.39, 0.29) is 0 Å². The molecular weight excluding hydrogens is 258 g/mol. The van der Waals surface area contributed by atoms with Gasteiger partial charge in [0.05, 0.1) is 0 Å². The molecule has 1 aliphatic rings. The summed E-state index contributed by atoms with van der Waals surface area (Å²) in [5.41, 5.74) is 1.18. The minimum absolute atomic E-state index is 0.576. The molecular formula is C18H31N3. The summed E-state index contributed by atoms with van der Waals surface area (Å²) in [5.74, 6) is 3.63. The Morgan fingerprint density at radius 3 is 2.43 bits per heavy atom. The quantitative estimate of drug-likeness (QED) is 0.773. The fraction of sp³-hybridized carbons (Fsp3) is 0.778. The topological polar surface area (TPSA) is 37.8 Å². The summed E-state index contributed by atoms with van der Waals surface area (Å²) in [6.45, 7) is 7.65. The van der Waals surface area contributed by atoms with Gasteiger partial charge in [-0.05, 0) is 44.4 Å². The summed E-state index contributed by atoms with van der Waals surface area (Å²) in [6.07, 6.45) is 10.1. The number of anilines is 1. The molecule has 0 saturated heterocycles. The molecule has 3 heteroatoms. The first kappa shape index (κ1) is 16.3. The molecule has 0 aromatic carbocycles. The summed E-state index contributed by atoms with van der Waals surface area (Å²) in [5, 5.41) is 3.43. The SMILES string of the molecule is CCCNc1cc(CC)nc(C2CCC(CCC)CC2)n1. The zero-order valence-corrected chi connectivity index (χ0v) is 14.0. The van der Waals surface area contributed by atoms with Gasteiger partial charge in [0.1, 0.15) is 11.6 Å². The van der Waals surface area contributed by atoms with Crippen molar-refractivity contribution in [2.45, 2.75) is 78.1 Å². The number of hydrogen-bond acceptors (Lipinski definition) is 3. The van der Waals surface area contributed by atoms with E-state index in [0.717, 1.165) is 36.9 Å². The zero-order valence-electron chi connectivity index (χ0n) is 14.0. The molecule has 1 saturated carbocycles. The Hall–Kier alpha value is -1.12. The van der Waals surface area contributed by atoms with Gasteiger partial charge in [0.25, 0.3) is 0 Å². The van der Waals surface area contributed by atoms with E-state index in [1.807, 2.05) is 0 Å². The third kappa shape index (κ3) is 4.69. The van der Waals surface area contributed by atoms with Crippen molar-refractivity contribution < 1.29 is 0 Å². The smallest absolute Gasteiger partial charge is 0.134 e. The normalized spacial score (nSPS) is 22.2. The Bertz CT molecular complexity index is 422. The summed E-state index contributed by atoms with van der Waals surface area (Å²) in [6, 6.07) is 2.11. The molecule has 1 heterocycles. The van der Waals surface area contributed by atoms with Crippen molar-refractivity contribution in [1.29, 1.82) is 0 Å². The molecule has 0 aliphatic heterocycles. The molecule has 1 aromatic heterocycles. The van der Waals surface area contributed by atoms with Gasteiger partial charge in [-0.2, -0.15) is 0 Å². The standard InChI is InChI=1S/C18H31N3/c1-4-7-14-8-10-15(11-9-14)18-20-16(6-3)13-17(21-18)19-12-5-2/h13-15H,4-12H2,1-3H3,(H,19,20,21). The Balaban J connectivity index is 2.04. The third-order valence-corrected chi connectivity index (χ3v) is 4.62. The lowest BCUT2D eigenvalue weighted by molar-refractivity contribution is 0.302. The lowest BCUT2D eigenvalue weighted by atomic mass is 9.80. The molecule has 2 rings (SSSR count). The summed E-state index contributed by atoms with van der Waals surface area (Å²) in [4.78, 5) is 9.59. The van der Waals surface area contributed by atoms with Crippen LogP contribution in [0, 0.1) is 5.92 Å². The number of aromatic nitrogens is 2. The molecule has 118 valence electrons. The van der Waals surface area contributed by atoms with Gasteiger partial charge in [-0.25, -0.2) is 9.97 Å². The second kappa shape index (κ2) is 8.35. The van der Waals surface area contributed by atoms with Crippen LogP contribution in [-0.4, -0.2) is 16.5 Å². The Kier molecular flexibility index (Phi) is 6.47. The predicted molar refractivity (Wildman–Crippen MR) is 89.8 cm³/mol. The van der Waals surface area contributed by atoms with E-state index in [0.29, 0.717) is 5.92 Å². The van der Waals surface area contributed by atoms with Crippen LogP contribution in [0.5, 0.6) is 0 Å². The van der Waals surface area contributed by atoms with Crippen molar-refractivity contribution in [3.8, 4) is 0 Å². The summed E-state index contributed by atoms with van der Waals surface area (Å²) >= 11 is 0. The number of hydrogen-bond donors (Lipinski definition) is 1. The Morgan fingerprint density at radius 2 is 1.81 bits per heavy atom. The van der Waals surface area contributed by atoms with Gasteiger partial charge in [0.15, 0.2) is 0 Å². The van der Waals surface area contributed by atoms with E-state index in [2.05, 4.69) is 32.2 Å². The summed E-state index contributed by atoms with van der Waals surface area (Å²) in [7, 11) is 0. The number of aryl methyl sites for hydroxylation is 1. The number of rotatable bonds is 7. The molecule has 21 heavy (non-hydrogen) atoms. The van der Waals surface area contributed by atoms with E-state index in [1.165, 1.54) is 44.2 Å². The van der Waals surface area contributed by atoms with Crippen LogP contribution in [0.4, 0.5) is 5.82 Å². The van der Waals surface area contributed by atoms with Crippen molar-refractivity contribution in [2.75, 3.05) is 11.9 Å². The lowest BCUT2D eigenvalue weighted by Crippen LogP contribution is -2.17. The summed E-state index contributed by atoms with van der Waals surface area (Å²) < 4.78 is 0. The maximum absolute atomic E-state index is 4.80. The first-order valence-corrected chi connectivity index (χ1v) is 8.88. The molecule has 1 aliphatic carbocycles. The highest BCUT2D eigenvalue weighted by Gasteiger charge is 2.24. The van der Waals surface area contributed by atoms with Crippen LogP contribution in [0.25, 0.3) is 0 Å². The van der Waals surface area contributed by atoms with Crippen molar-refractivity contribution in [3.63, 3.8) is 0 Å². The first-order valence-electron chi connectivity index (χ1n) is 8.88. The molecule has 1 N–H and O–H groups in total. The van der Waals surface area contributed by atoms with E-state index in [1.54, 1.807) is 0 Å². The fourth-order valence-corrected chi connectivity index (χ4v) is 3.34. The Morgan fingerprint density at radius 1 is 1.05 bits per heavy atom. The molecule has 3 nitrogen and oxygen atoms in total. The molecule has 0 atom stereocenters. The average Bonchev–Trinajstić information content (AvgIpc) is 2.53. The van der Waals surface area contributed by atoms with E-state index >= 15 is 0 Å². The van der Waals surface area contributed by atoms with Gasteiger partial charge in [0, 0.05) is 24.2 Å². The van der Waals surface area contributed by atoms with Crippen molar-refractivity contribution in [2.24, 2.45) is 5.92 Å². The highest BCUT2D eigenvalue weighted by atomic mass is 15.0. The van der Waals surface area contributed by atoms with Gasteiger partial charge in [0.2, 0.25) is 0 Å². The van der Waals surface area contributed by atoms with Crippen LogP contribution in [0.3, 0.4) is 0 Å². The van der Waals surface area contributed by atoms with Gasteiger partial charge >= 0.3 is 0 Å². The predicted octanol–water partition coefficient (Wildman–Crippen LogP) is 4.93. The first-order chi connectivity index (χ1) is 10.3. The highest BCUT2D eigenvalue weighted by Crippen LogP contribution is 2.36. The van der Waals surface area contributed by atoms with Crippen LogP contribution >= 0.6 is 0 Å². The van der Waals surface area contributed by atoms with E-state index < -0.39 is 0 Å². The van der Waals surface area contributed by atoms with Gasteiger partial charge in [-0.15, -0.1) is 0 Å². The minimum atomic E-state index is 0.576. The molecule has 0 amide bonds. The molecule has 1 fully saturated rings. The fourth-order valence-electron chi connectivity index (χ4n) is 3.34. The molecule has 1 aromatic rings. The average molecular weight is 289 g/mol. The maximum Gasteiger partial charge on any atom is 0.134 e. The van der Waals surface area contributed by atoms with Crippen molar-refractivity contribution in [1.82, 2.24) is 9.97 Å². The second-order valence-electron chi connectivity index (χ2n) is 6.39. The van der Waals surface area contributed by atoms with Crippen LogP contribution in [0.1, 0.15) is 83.2 Å². The number of nitrogens with zero attached hydrogens (tertiary/aromatic N) is 2. The lowest BCUT2D eigenvalue weighted by Gasteiger charge is -2.27.